The second-order valence-corrected chi connectivity index (χ2v) is 2.89. The van der Waals surface area contributed by atoms with Gasteiger partial charge >= 0.3 is 17.9 Å². The summed E-state index contributed by atoms with van der Waals surface area (Å²) >= 11 is 0. The van der Waals surface area contributed by atoms with Crippen LogP contribution in [0.2, 0.25) is 0 Å². The summed E-state index contributed by atoms with van der Waals surface area (Å²) in [5.74, 6) is -2.79. The van der Waals surface area contributed by atoms with Gasteiger partial charge in [-0.2, -0.15) is 0 Å². The van der Waals surface area contributed by atoms with Gasteiger partial charge in [-0.15, -0.1) is 0 Å². The Labute approximate surface area is 93.1 Å². The van der Waals surface area contributed by atoms with Gasteiger partial charge in [0.05, 0.1) is 19.4 Å². The predicted octanol–water partition coefficient (Wildman–Crippen LogP) is 0.763. The SMILES string of the molecule is C=CC(=O)OOC(=O)CC(CC)C(=O)OC. The summed E-state index contributed by atoms with van der Waals surface area (Å²) in [6.45, 7) is 4.84. The van der Waals surface area contributed by atoms with Gasteiger partial charge in [-0.3, -0.25) is 4.79 Å². The Balaban J connectivity index is 4.06. The summed E-state index contributed by atoms with van der Waals surface area (Å²) < 4.78 is 4.48. The standard InChI is InChI=1S/C10H14O6/c1-4-7(10(13)14-3)6-9(12)16-15-8(11)5-2/h5,7H,2,4,6H2,1,3H3. The third-order valence-electron chi connectivity index (χ3n) is 1.82. The molecule has 1 unspecified atom stereocenters. The van der Waals surface area contributed by atoms with Crippen molar-refractivity contribution in [3.05, 3.63) is 12.7 Å². The van der Waals surface area contributed by atoms with Gasteiger partial charge < -0.3 is 4.74 Å². The molecule has 0 aliphatic heterocycles. The fourth-order valence-corrected chi connectivity index (χ4v) is 0.918. The first-order chi connectivity index (χ1) is 7.54. The van der Waals surface area contributed by atoms with Gasteiger partial charge in [0.1, 0.15) is 0 Å². The lowest BCUT2D eigenvalue weighted by molar-refractivity contribution is -0.255. The molecule has 6 heteroatoms. The number of rotatable bonds is 5. The predicted molar refractivity (Wildman–Crippen MR) is 52.8 cm³/mol. The van der Waals surface area contributed by atoms with E-state index < -0.39 is 23.8 Å². The molecule has 0 saturated heterocycles. The summed E-state index contributed by atoms with van der Waals surface area (Å²) in [6, 6.07) is 0. The highest BCUT2D eigenvalue weighted by Gasteiger charge is 2.22. The Morgan fingerprint density at radius 2 is 1.94 bits per heavy atom. The average Bonchev–Trinajstić information content (AvgIpc) is 2.31. The van der Waals surface area contributed by atoms with Crippen molar-refractivity contribution < 1.29 is 28.9 Å². The van der Waals surface area contributed by atoms with Crippen LogP contribution >= 0.6 is 0 Å². The van der Waals surface area contributed by atoms with Crippen LogP contribution in [-0.4, -0.2) is 25.0 Å². The van der Waals surface area contributed by atoms with Crippen molar-refractivity contribution in [2.75, 3.05) is 7.11 Å². The van der Waals surface area contributed by atoms with E-state index in [1.165, 1.54) is 7.11 Å². The highest BCUT2D eigenvalue weighted by atomic mass is 17.2. The van der Waals surface area contributed by atoms with E-state index in [-0.39, 0.29) is 6.42 Å². The van der Waals surface area contributed by atoms with E-state index in [1.807, 2.05) is 0 Å². The zero-order valence-corrected chi connectivity index (χ0v) is 9.23. The number of carbonyl (C=O) groups is 3. The normalized spacial score (nSPS) is 11.1. The maximum absolute atomic E-state index is 11.1. The highest BCUT2D eigenvalue weighted by molar-refractivity contribution is 5.82. The van der Waals surface area contributed by atoms with E-state index >= 15 is 0 Å². The number of hydrogen-bond acceptors (Lipinski definition) is 6. The molecule has 0 fully saturated rings. The van der Waals surface area contributed by atoms with Crippen LogP contribution in [0.25, 0.3) is 0 Å². The summed E-state index contributed by atoms with van der Waals surface area (Å²) in [5.41, 5.74) is 0. The maximum Gasteiger partial charge on any atom is 0.378 e. The molecule has 16 heavy (non-hydrogen) atoms. The molecule has 0 amide bonds. The highest BCUT2D eigenvalue weighted by Crippen LogP contribution is 2.11. The molecule has 0 aromatic heterocycles. The molecular formula is C10H14O6. The third-order valence-corrected chi connectivity index (χ3v) is 1.82. The van der Waals surface area contributed by atoms with Crippen LogP contribution < -0.4 is 0 Å². The van der Waals surface area contributed by atoms with Gasteiger partial charge in [-0.05, 0) is 6.42 Å². The molecule has 1 atom stereocenters. The molecule has 0 saturated carbocycles. The molecule has 6 nitrogen and oxygen atoms in total. The molecule has 0 rings (SSSR count). The van der Waals surface area contributed by atoms with Gasteiger partial charge in [0.2, 0.25) is 0 Å². The molecule has 0 aromatic rings. The van der Waals surface area contributed by atoms with Gasteiger partial charge in [0, 0.05) is 6.08 Å². The quantitative estimate of drug-likeness (QED) is 0.300. The maximum atomic E-state index is 11.1. The number of ether oxygens (including phenoxy) is 1. The molecule has 0 bridgehead atoms. The van der Waals surface area contributed by atoms with Crippen LogP contribution in [0, 0.1) is 5.92 Å². The first-order valence-corrected chi connectivity index (χ1v) is 4.66. The van der Waals surface area contributed by atoms with Gasteiger partial charge in [0.25, 0.3) is 0 Å². The van der Waals surface area contributed by atoms with E-state index in [0.29, 0.717) is 6.42 Å². The Bertz CT molecular complexity index is 283. The van der Waals surface area contributed by atoms with Crippen molar-refractivity contribution in [2.45, 2.75) is 19.8 Å². The Morgan fingerprint density at radius 3 is 2.38 bits per heavy atom. The van der Waals surface area contributed by atoms with E-state index in [2.05, 4.69) is 21.1 Å². The minimum Gasteiger partial charge on any atom is -0.469 e. The molecule has 90 valence electrons. The van der Waals surface area contributed by atoms with Gasteiger partial charge in [-0.1, -0.05) is 13.5 Å². The minimum absolute atomic E-state index is 0.201. The van der Waals surface area contributed by atoms with Crippen molar-refractivity contribution in [3.8, 4) is 0 Å². The largest absolute Gasteiger partial charge is 0.469 e. The fraction of sp³-hybridized carbons (Fsp3) is 0.500. The molecule has 0 radical (unpaired) electrons. The second-order valence-electron chi connectivity index (χ2n) is 2.89. The lowest BCUT2D eigenvalue weighted by Crippen LogP contribution is -2.21. The molecule has 0 heterocycles. The first-order valence-electron chi connectivity index (χ1n) is 4.66. The van der Waals surface area contributed by atoms with Crippen molar-refractivity contribution in [1.82, 2.24) is 0 Å². The van der Waals surface area contributed by atoms with Crippen molar-refractivity contribution in [3.63, 3.8) is 0 Å². The van der Waals surface area contributed by atoms with Gasteiger partial charge in [-0.25, -0.2) is 19.4 Å². The van der Waals surface area contributed by atoms with Crippen LogP contribution in [0.3, 0.4) is 0 Å². The Hall–Kier alpha value is -1.85. The monoisotopic (exact) mass is 230 g/mol. The fourth-order valence-electron chi connectivity index (χ4n) is 0.918. The van der Waals surface area contributed by atoms with E-state index in [0.717, 1.165) is 6.08 Å². The zero-order chi connectivity index (χ0) is 12.6. The zero-order valence-electron chi connectivity index (χ0n) is 9.23. The van der Waals surface area contributed by atoms with Crippen LogP contribution in [0.4, 0.5) is 0 Å². The van der Waals surface area contributed by atoms with Crippen molar-refractivity contribution >= 4 is 17.9 Å². The average molecular weight is 230 g/mol. The summed E-state index contributed by atoms with van der Waals surface area (Å²) in [5, 5.41) is 0. The lowest BCUT2D eigenvalue weighted by atomic mass is 10.0. The van der Waals surface area contributed by atoms with E-state index in [9.17, 15) is 14.4 Å². The second kappa shape index (κ2) is 7.44. The topological polar surface area (TPSA) is 78.9 Å². The van der Waals surface area contributed by atoms with Crippen LogP contribution in [0.1, 0.15) is 19.8 Å². The van der Waals surface area contributed by atoms with Crippen LogP contribution in [-0.2, 0) is 28.9 Å². The number of methoxy groups -OCH3 is 1. The molecule has 0 aliphatic carbocycles. The number of hydrogen-bond donors (Lipinski definition) is 0. The van der Waals surface area contributed by atoms with Gasteiger partial charge in [0.15, 0.2) is 0 Å². The summed E-state index contributed by atoms with van der Waals surface area (Å²) in [7, 11) is 1.23. The Kier molecular flexibility index (Phi) is 6.58. The molecule has 0 aromatic carbocycles. The molecular weight excluding hydrogens is 216 g/mol. The van der Waals surface area contributed by atoms with Crippen LogP contribution in [0.5, 0.6) is 0 Å². The Morgan fingerprint density at radius 1 is 1.31 bits per heavy atom. The summed E-state index contributed by atoms with van der Waals surface area (Å²) in [4.78, 5) is 41.0. The summed E-state index contributed by atoms with van der Waals surface area (Å²) in [6.07, 6.45) is 1.08. The molecule has 0 aliphatic rings. The lowest BCUT2D eigenvalue weighted by Gasteiger charge is -2.10. The van der Waals surface area contributed by atoms with E-state index in [4.69, 9.17) is 0 Å². The van der Waals surface area contributed by atoms with Crippen molar-refractivity contribution in [1.29, 1.82) is 0 Å². The number of esters is 1. The smallest absolute Gasteiger partial charge is 0.378 e. The first kappa shape index (κ1) is 14.2. The molecule has 0 N–H and O–H groups in total. The minimum atomic E-state index is -0.875. The van der Waals surface area contributed by atoms with E-state index in [1.54, 1.807) is 6.92 Å². The van der Waals surface area contributed by atoms with Crippen molar-refractivity contribution in [2.24, 2.45) is 5.92 Å². The van der Waals surface area contributed by atoms with Crippen LogP contribution in [0.15, 0.2) is 12.7 Å². The number of carbonyl (C=O) groups excluding carboxylic acids is 3. The third kappa shape index (κ3) is 5.14. The molecule has 0 spiro atoms.